The van der Waals surface area contributed by atoms with Crippen LogP contribution in [0.1, 0.15) is 40.0 Å². The van der Waals surface area contributed by atoms with E-state index in [1.807, 2.05) is 6.08 Å². The highest BCUT2D eigenvalue weighted by Crippen LogP contribution is 2.39. The van der Waals surface area contributed by atoms with Gasteiger partial charge >= 0.3 is 0 Å². The zero-order chi connectivity index (χ0) is 13.1. The van der Waals surface area contributed by atoms with Crippen LogP contribution in [0.4, 0.5) is 0 Å². The van der Waals surface area contributed by atoms with Crippen molar-refractivity contribution in [2.24, 2.45) is 5.11 Å². The van der Waals surface area contributed by atoms with Crippen molar-refractivity contribution in [1.82, 2.24) is 0 Å². The van der Waals surface area contributed by atoms with Crippen LogP contribution in [0.2, 0.25) is 18.1 Å². The first-order valence-corrected chi connectivity index (χ1v) is 9.11. The number of rotatable bonds is 3. The Labute approximate surface area is 105 Å². The Balaban J connectivity index is 2.78. The summed E-state index contributed by atoms with van der Waals surface area (Å²) in [4.78, 5) is 2.88. The minimum Gasteiger partial charge on any atom is -0.547 e. The molecule has 4 nitrogen and oxygen atoms in total. The first-order valence-electron chi connectivity index (χ1n) is 6.20. The monoisotopic (exact) mass is 253 g/mol. The molecule has 0 radical (unpaired) electrons. The Morgan fingerprint density at radius 1 is 1.47 bits per heavy atom. The van der Waals surface area contributed by atoms with E-state index in [1.54, 1.807) is 0 Å². The Morgan fingerprint density at radius 2 is 2.12 bits per heavy atom. The molecular formula is C12H23N3OSi. The van der Waals surface area contributed by atoms with Crippen molar-refractivity contribution in [3.8, 4) is 0 Å². The van der Waals surface area contributed by atoms with Gasteiger partial charge in [-0.25, -0.2) is 0 Å². The third kappa shape index (κ3) is 3.79. The van der Waals surface area contributed by atoms with E-state index in [0.29, 0.717) is 0 Å². The Kier molecular flexibility index (Phi) is 4.28. The van der Waals surface area contributed by atoms with Gasteiger partial charge < -0.3 is 4.43 Å². The molecule has 0 bridgehead atoms. The predicted molar refractivity (Wildman–Crippen MR) is 73.2 cm³/mol. The highest BCUT2D eigenvalue weighted by molar-refractivity contribution is 6.74. The molecule has 0 spiro atoms. The first-order chi connectivity index (χ1) is 7.76. The fourth-order valence-electron chi connectivity index (χ4n) is 1.59. The van der Waals surface area contributed by atoms with Gasteiger partial charge in [-0.1, -0.05) is 25.9 Å². The molecule has 0 heterocycles. The molecule has 1 aliphatic carbocycles. The van der Waals surface area contributed by atoms with Gasteiger partial charge in [-0.05, 0) is 42.6 Å². The van der Waals surface area contributed by atoms with Crippen LogP contribution >= 0.6 is 0 Å². The maximum Gasteiger partial charge on any atom is 0.250 e. The van der Waals surface area contributed by atoms with Gasteiger partial charge in [-0.2, -0.15) is 0 Å². The molecule has 1 atom stereocenters. The summed E-state index contributed by atoms with van der Waals surface area (Å²) in [6.07, 6.45) is 4.96. The van der Waals surface area contributed by atoms with E-state index in [-0.39, 0.29) is 11.1 Å². The lowest BCUT2D eigenvalue weighted by Crippen LogP contribution is -2.40. The average molecular weight is 253 g/mol. The van der Waals surface area contributed by atoms with Crippen molar-refractivity contribution in [2.75, 3.05) is 0 Å². The normalized spacial score (nSPS) is 21.5. The Hall–Kier alpha value is -0.933. The summed E-state index contributed by atoms with van der Waals surface area (Å²) < 4.78 is 6.24. The molecule has 0 fully saturated rings. The minimum absolute atomic E-state index is 0.0199. The van der Waals surface area contributed by atoms with E-state index in [4.69, 9.17) is 9.96 Å². The molecular weight excluding hydrogens is 230 g/mol. The molecule has 1 unspecified atom stereocenters. The molecule has 0 amide bonds. The van der Waals surface area contributed by atoms with Gasteiger partial charge in [0.05, 0.1) is 11.8 Å². The van der Waals surface area contributed by atoms with Crippen molar-refractivity contribution in [1.29, 1.82) is 0 Å². The molecule has 0 aromatic carbocycles. The lowest BCUT2D eigenvalue weighted by atomic mass is 10.0. The van der Waals surface area contributed by atoms with E-state index in [2.05, 4.69) is 43.9 Å². The van der Waals surface area contributed by atoms with Crippen LogP contribution in [0.3, 0.4) is 0 Å². The molecule has 0 aromatic rings. The molecule has 1 aliphatic rings. The quantitative estimate of drug-likeness (QED) is 0.310. The van der Waals surface area contributed by atoms with Crippen molar-refractivity contribution in [2.45, 2.75) is 64.2 Å². The van der Waals surface area contributed by atoms with Crippen LogP contribution in [0.25, 0.3) is 10.4 Å². The van der Waals surface area contributed by atoms with E-state index in [9.17, 15) is 0 Å². The summed E-state index contributed by atoms with van der Waals surface area (Å²) in [5.74, 6) is 1.03. The molecule has 17 heavy (non-hydrogen) atoms. The van der Waals surface area contributed by atoms with Crippen molar-refractivity contribution < 1.29 is 4.43 Å². The highest BCUT2D eigenvalue weighted by Gasteiger charge is 2.39. The van der Waals surface area contributed by atoms with Crippen LogP contribution < -0.4 is 0 Å². The van der Waals surface area contributed by atoms with Crippen LogP contribution in [0, 0.1) is 0 Å². The third-order valence-corrected chi connectivity index (χ3v) is 8.08. The van der Waals surface area contributed by atoms with Gasteiger partial charge in [0.15, 0.2) is 0 Å². The second-order valence-electron chi connectivity index (χ2n) is 6.16. The van der Waals surface area contributed by atoms with Gasteiger partial charge in [-0.3, -0.25) is 0 Å². The third-order valence-electron chi connectivity index (χ3n) is 3.69. The van der Waals surface area contributed by atoms with Gasteiger partial charge in [0.1, 0.15) is 0 Å². The summed E-state index contributed by atoms with van der Waals surface area (Å²) in [6.45, 7) is 11.2. The van der Waals surface area contributed by atoms with Gasteiger partial charge in [-0.15, -0.1) is 0 Å². The average Bonchev–Trinajstić information content (AvgIpc) is 2.16. The lowest BCUT2D eigenvalue weighted by molar-refractivity contribution is 0.346. The number of azide groups is 1. The Morgan fingerprint density at radius 3 is 2.65 bits per heavy atom. The van der Waals surface area contributed by atoms with Crippen LogP contribution in [-0.4, -0.2) is 14.4 Å². The topological polar surface area (TPSA) is 58.0 Å². The SMILES string of the molecule is CC(C)(C)[Si](C)(C)OC1=CC(N=[N+]=[N-])CCC1. The second kappa shape index (κ2) is 5.15. The van der Waals surface area contributed by atoms with Crippen molar-refractivity contribution in [3.63, 3.8) is 0 Å². The largest absolute Gasteiger partial charge is 0.547 e. The number of hydrogen-bond acceptors (Lipinski definition) is 2. The molecule has 0 N–H and O–H groups in total. The fourth-order valence-corrected chi connectivity index (χ4v) is 2.72. The summed E-state index contributed by atoms with van der Waals surface area (Å²) >= 11 is 0. The maximum absolute atomic E-state index is 8.46. The van der Waals surface area contributed by atoms with Gasteiger partial charge in [0, 0.05) is 11.3 Å². The summed E-state index contributed by atoms with van der Waals surface area (Å²) in [5.41, 5.74) is 8.46. The van der Waals surface area contributed by atoms with Crippen molar-refractivity contribution >= 4 is 8.32 Å². The summed E-state index contributed by atoms with van der Waals surface area (Å²) in [7, 11) is -1.75. The number of hydrogen-bond donors (Lipinski definition) is 0. The maximum atomic E-state index is 8.46. The van der Waals surface area contributed by atoms with Gasteiger partial charge in [0.25, 0.3) is 0 Å². The minimum atomic E-state index is -1.75. The molecule has 96 valence electrons. The zero-order valence-corrected chi connectivity index (χ0v) is 12.5. The standard InChI is InChI=1S/C12H23N3OSi/c1-12(2,3)17(4,5)16-11-8-6-7-10(9-11)14-15-13/h9-10H,6-8H2,1-5H3. The van der Waals surface area contributed by atoms with E-state index in [0.717, 1.165) is 25.0 Å². The number of nitrogens with zero attached hydrogens (tertiary/aromatic N) is 3. The smallest absolute Gasteiger partial charge is 0.250 e. The second-order valence-corrected chi connectivity index (χ2v) is 10.9. The predicted octanol–water partition coefficient (Wildman–Crippen LogP) is 4.75. The Bertz CT molecular complexity index is 351. The highest BCUT2D eigenvalue weighted by atomic mass is 28.4. The van der Waals surface area contributed by atoms with E-state index >= 15 is 0 Å². The van der Waals surface area contributed by atoms with Crippen LogP contribution in [-0.2, 0) is 4.43 Å². The number of allylic oxidation sites excluding steroid dienone is 1. The van der Waals surface area contributed by atoms with Gasteiger partial charge in [0.2, 0.25) is 8.32 Å². The molecule has 1 rings (SSSR count). The van der Waals surface area contributed by atoms with Crippen molar-refractivity contribution in [3.05, 3.63) is 22.3 Å². The van der Waals surface area contributed by atoms with E-state index in [1.165, 1.54) is 0 Å². The summed E-state index contributed by atoms with van der Waals surface area (Å²) in [5, 5.41) is 3.97. The first kappa shape index (κ1) is 14.1. The summed E-state index contributed by atoms with van der Waals surface area (Å²) in [6, 6.07) is -0.0199. The molecule has 5 heteroatoms. The van der Waals surface area contributed by atoms with Crippen LogP contribution in [0.5, 0.6) is 0 Å². The van der Waals surface area contributed by atoms with Crippen LogP contribution in [0.15, 0.2) is 16.9 Å². The molecule has 0 saturated heterocycles. The molecule has 0 saturated carbocycles. The molecule has 0 aromatic heterocycles. The van der Waals surface area contributed by atoms with E-state index < -0.39 is 8.32 Å². The lowest BCUT2D eigenvalue weighted by Gasteiger charge is -2.38. The fraction of sp³-hybridized carbons (Fsp3) is 0.833. The molecule has 0 aliphatic heterocycles. The zero-order valence-electron chi connectivity index (χ0n) is 11.5.